The number of hydrogen-bond donors (Lipinski definition) is 0. The second kappa shape index (κ2) is 5.50. The lowest BCUT2D eigenvalue weighted by molar-refractivity contribution is 0.0551. The second-order valence-corrected chi connectivity index (χ2v) is 9.25. The highest BCUT2D eigenvalue weighted by molar-refractivity contribution is 6.18. The van der Waals surface area contributed by atoms with Crippen molar-refractivity contribution in [2.45, 2.75) is 45.6 Å². The van der Waals surface area contributed by atoms with Crippen LogP contribution in [0.4, 0.5) is 4.79 Å². The summed E-state index contributed by atoms with van der Waals surface area (Å²) in [6.45, 7) is 5.77. The van der Waals surface area contributed by atoms with Gasteiger partial charge in [0.15, 0.2) is 0 Å². The third-order valence-corrected chi connectivity index (χ3v) is 6.25. The maximum Gasteiger partial charge on any atom is 0.419 e. The quantitative estimate of drug-likeness (QED) is 0.318. The molecule has 0 unspecified atom stereocenters. The summed E-state index contributed by atoms with van der Waals surface area (Å²) in [6, 6.07) is 17.3. The van der Waals surface area contributed by atoms with Crippen molar-refractivity contribution in [3.05, 3.63) is 70.8 Å². The van der Waals surface area contributed by atoms with Crippen LogP contribution in [-0.2, 0) is 24.0 Å². The van der Waals surface area contributed by atoms with E-state index in [9.17, 15) is 4.79 Å². The van der Waals surface area contributed by atoms with Crippen LogP contribution in [0.3, 0.4) is 0 Å². The molecule has 2 aliphatic carbocycles. The standard InChI is InChI=1S/C26H23NO2/c1-26(2,3)29-25(28)27-21-10-6-8-15-11-12-17-14-19-18-9-5-4-7-16(18)13-20(19)24(27)23(17)22(15)21/h4-10,14H,11-13H2,1-3H3. The van der Waals surface area contributed by atoms with Gasteiger partial charge in [0.1, 0.15) is 5.60 Å². The zero-order valence-corrected chi connectivity index (χ0v) is 17.0. The van der Waals surface area contributed by atoms with Crippen molar-refractivity contribution in [1.29, 1.82) is 0 Å². The molecule has 2 aliphatic rings. The van der Waals surface area contributed by atoms with Crippen molar-refractivity contribution in [3.63, 3.8) is 0 Å². The number of hydrogen-bond acceptors (Lipinski definition) is 2. The lowest BCUT2D eigenvalue weighted by Gasteiger charge is -2.21. The second-order valence-electron chi connectivity index (χ2n) is 9.25. The van der Waals surface area contributed by atoms with Crippen LogP contribution >= 0.6 is 0 Å². The zero-order valence-electron chi connectivity index (χ0n) is 17.0. The average molecular weight is 381 g/mol. The molecule has 0 amide bonds. The molecule has 29 heavy (non-hydrogen) atoms. The van der Waals surface area contributed by atoms with E-state index < -0.39 is 5.60 Å². The highest BCUT2D eigenvalue weighted by Gasteiger charge is 2.31. The van der Waals surface area contributed by atoms with Crippen LogP contribution < -0.4 is 0 Å². The lowest BCUT2D eigenvalue weighted by atomic mass is 9.88. The Morgan fingerprint density at radius 3 is 2.48 bits per heavy atom. The highest BCUT2D eigenvalue weighted by Crippen LogP contribution is 2.47. The van der Waals surface area contributed by atoms with Gasteiger partial charge in [0.25, 0.3) is 0 Å². The van der Waals surface area contributed by atoms with Crippen LogP contribution in [0.15, 0.2) is 48.5 Å². The SMILES string of the molecule is CC(C)(C)OC(=O)n1c2cccc3c2c2c(cc4c(c21)Cc1ccccc1-4)CC3. The maximum atomic E-state index is 13.4. The van der Waals surface area contributed by atoms with Gasteiger partial charge in [0.2, 0.25) is 0 Å². The number of ether oxygens (including phenoxy) is 1. The predicted molar refractivity (Wildman–Crippen MR) is 117 cm³/mol. The van der Waals surface area contributed by atoms with E-state index in [2.05, 4.69) is 48.5 Å². The summed E-state index contributed by atoms with van der Waals surface area (Å²) < 4.78 is 7.71. The zero-order chi connectivity index (χ0) is 19.9. The topological polar surface area (TPSA) is 31.2 Å². The number of carbonyl (C=O) groups excluding carboxylic acids is 1. The fourth-order valence-electron chi connectivity index (χ4n) is 5.19. The molecule has 0 aliphatic heterocycles. The molecule has 3 nitrogen and oxygen atoms in total. The minimum absolute atomic E-state index is 0.285. The fraction of sp³-hybridized carbons (Fsp3) is 0.269. The molecule has 3 aromatic carbocycles. The van der Waals surface area contributed by atoms with E-state index in [1.807, 2.05) is 25.3 Å². The van der Waals surface area contributed by atoms with Crippen molar-refractivity contribution >= 4 is 27.9 Å². The molecule has 0 spiro atoms. The van der Waals surface area contributed by atoms with Gasteiger partial charge in [-0.05, 0) is 73.1 Å². The minimum atomic E-state index is -0.540. The number of aromatic nitrogens is 1. The number of nitrogens with zero attached hydrogens (tertiary/aromatic N) is 1. The Bertz CT molecular complexity index is 1350. The van der Waals surface area contributed by atoms with E-state index in [4.69, 9.17) is 4.74 Å². The number of aryl methyl sites for hydroxylation is 2. The number of carbonyl (C=O) groups is 1. The Morgan fingerprint density at radius 2 is 1.66 bits per heavy atom. The molecular weight excluding hydrogens is 358 g/mol. The minimum Gasteiger partial charge on any atom is -0.443 e. The number of benzene rings is 3. The molecule has 0 saturated heterocycles. The number of fused-ring (bicyclic) bond motifs is 4. The van der Waals surface area contributed by atoms with Gasteiger partial charge in [-0.2, -0.15) is 0 Å². The monoisotopic (exact) mass is 381 g/mol. The van der Waals surface area contributed by atoms with Gasteiger partial charge in [0, 0.05) is 17.2 Å². The predicted octanol–water partition coefficient (Wildman–Crippen LogP) is 6.25. The van der Waals surface area contributed by atoms with Crippen LogP contribution in [0, 0.1) is 0 Å². The van der Waals surface area contributed by atoms with E-state index in [1.54, 1.807) is 0 Å². The molecular formula is C26H23NO2. The van der Waals surface area contributed by atoms with Gasteiger partial charge < -0.3 is 4.74 Å². The van der Waals surface area contributed by atoms with Gasteiger partial charge in [-0.25, -0.2) is 9.36 Å². The summed E-state index contributed by atoms with van der Waals surface area (Å²) in [5.41, 5.74) is 9.32. The van der Waals surface area contributed by atoms with E-state index in [1.165, 1.54) is 44.2 Å². The summed E-state index contributed by atoms with van der Waals surface area (Å²) >= 11 is 0. The van der Waals surface area contributed by atoms with Crippen LogP contribution in [-0.4, -0.2) is 16.3 Å². The summed E-state index contributed by atoms with van der Waals surface area (Å²) in [5.74, 6) is 0. The van der Waals surface area contributed by atoms with Gasteiger partial charge in [-0.3, -0.25) is 0 Å². The van der Waals surface area contributed by atoms with Crippen LogP contribution in [0.25, 0.3) is 32.9 Å². The third kappa shape index (κ3) is 2.27. The van der Waals surface area contributed by atoms with E-state index in [0.29, 0.717) is 0 Å². The molecule has 0 radical (unpaired) electrons. The van der Waals surface area contributed by atoms with Gasteiger partial charge in [-0.15, -0.1) is 0 Å². The molecule has 0 atom stereocenters. The molecule has 1 aromatic heterocycles. The van der Waals surface area contributed by atoms with Crippen LogP contribution in [0.1, 0.15) is 43.0 Å². The van der Waals surface area contributed by atoms with Gasteiger partial charge in [-0.1, -0.05) is 42.5 Å². The first kappa shape index (κ1) is 16.8. The Hall–Kier alpha value is -3.07. The molecule has 0 fully saturated rings. The van der Waals surface area contributed by atoms with Crippen molar-refractivity contribution < 1.29 is 9.53 Å². The highest BCUT2D eigenvalue weighted by atomic mass is 16.6. The molecule has 0 N–H and O–H groups in total. The first-order valence-corrected chi connectivity index (χ1v) is 10.3. The molecule has 6 rings (SSSR count). The normalized spacial score (nSPS) is 14.4. The molecule has 4 aromatic rings. The molecule has 0 saturated carbocycles. The molecule has 144 valence electrons. The Morgan fingerprint density at radius 1 is 0.897 bits per heavy atom. The van der Waals surface area contributed by atoms with Crippen LogP contribution in [0.5, 0.6) is 0 Å². The van der Waals surface area contributed by atoms with Gasteiger partial charge >= 0.3 is 6.09 Å². The van der Waals surface area contributed by atoms with E-state index >= 15 is 0 Å². The third-order valence-electron chi connectivity index (χ3n) is 6.25. The first-order chi connectivity index (χ1) is 13.9. The molecule has 0 bridgehead atoms. The Kier molecular flexibility index (Phi) is 3.20. The largest absolute Gasteiger partial charge is 0.443 e. The van der Waals surface area contributed by atoms with Crippen molar-refractivity contribution in [3.8, 4) is 11.1 Å². The van der Waals surface area contributed by atoms with Crippen molar-refractivity contribution in [2.75, 3.05) is 0 Å². The van der Waals surface area contributed by atoms with Gasteiger partial charge in [0.05, 0.1) is 11.0 Å². The lowest BCUT2D eigenvalue weighted by Crippen LogP contribution is -2.27. The summed E-state index contributed by atoms with van der Waals surface area (Å²) in [6.07, 6.45) is 2.59. The summed E-state index contributed by atoms with van der Waals surface area (Å²) in [4.78, 5) is 13.4. The number of rotatable bonds is 0. The van der Waals surface area contributed by atoms with Crippen LogP contribution in [0.2, 0.25) is 0 Å². The Balaban J connectivity index is 1.76. The molecule has 3 heteroatoms. The van der Waals surface area contributed by atoms with Crippen molar-refractivity contribution in [1.82, 2.24) is 4.57 Å². The first-order valence-electron chi connectivity index (χ1n) is 10.3. The van der Waals surface area contributed by atoms with E-state index in [0.717, 1.165) is 30.3 Å². The van der Waals surface area contributed by atoms with Crippen molar-refractivity contribution in [2.24, 2.45) is 0 Å². The maximum absolute atomic E-state index is 13.4. The summed E-state index contributed by atoms with van der Waals surface area (Å²) in [7, 11) is 0. The average Bonchev–Trinajstić information content (AvgIpc) is 3.21. The summed E-state index contributed by atoms with van der Waals surface area (Å²) in [5, 5.41) is 2.48. The smallest absolute Gasteiger partial charge is 0.419 e. The van der Waals surface area contributed by atoms with E-state index in [-0.39, 0.29) is 6.09 Å². The fourth-order valence-corrected chi connectivity index (χ4v) is 5.19. The molecule has 1 heterocycles. The Labute approximate surface area is 169 Å².